The smallest absolute Gasteiger partial charge is 0.226 e. The molecule has 0 aromatic heterocycles. The van der Waals surface area contributed by atoms with Crippen LogP contribution < -0.4 is 0 Å². The third-order valence-corrected chi connectivity index (χ3v) is 4.81. The summed E-state index contributed by atoms with van der Waals surface area (Å²) >= 11 is 9.48. The van der Waals surface area contributed by atoms with Crippen LogP contribution in [0.2, 0.25) is 5.02 Å². The first-order chi connectivity index (χ1) is 9.06. The van der Waals surface area contributed by atoms with Gasteiger partial charge >= 0.3 is 0 Å². The fourth-order valence-electron chi connectivity index (χ4n) is 2.50. The van der Waals surface area contributed by atoms with Gasteiger partial charge < -0.3 is 4.90 Å². The minimum absolute atomic E-state index is 0.225. The molecule has 0 saturated carbocycles. The normalized spacial score (nSPS) is 18.4. The van der Waals surface area contributed by atoms with Gasteiger partial charge in [-0.15, -0.1) is 0 Å². The number of carbonyl (C=O) groups excluding carboxylic acids is 1. The molecule has 0 aliphatic carbocycles. The Balaban J connectivity index is 1.86. The third kappa shape index (κ3) is 4.22. The molecule has 2 rings (SSSR count). The second-order valence-electron chi connectivity index (χ2n) is 5.20. The van der Waals surface area contributed by atoms with Crippen LogP contribution >= 0.6 is 27.5 Å². The Labute approximate surface area is 128 Å². The lowest BCUT2D eigenvalue weighted by molar-refractivity contribution is -0.131. The summed E-state index contributed by atoms with van der Waals surface area (Å²) in [7, 11) is 0. The zero-order chi connectivity index (χ0) is 13.8. The molecule has 19 heavy (non-hydrogen) atoms. The largest absolute Gasteiger partial charge is 0.342 e. The predicted molar refractivity (Wildman–Crippen MR) is 82.8 cm³/mol. The van der Waals surface area contributed by atoms with E-state index in [0.717, 1.165) is 31.5 Å². The number of rotatable bonds is 3. The van der Waals surface area contributed by atoms with Crippen LogP contribution in [-0.2, 0) is 11.2 Å². The zero-order valence-corrected chi connectivity index (χ0v) is 13.5. The Bertz CT molecular complexity index is 424. The first kappa shape index (κ1) is 14.9. The van der Waals surface area contributed by atoms with Gasteiger partial charge in [-0.3, -0.25) is 4.79 Å². The highest BCUT2D eigenvalue weighted by molar-refractivity contribution is 9.09. The van der Waals surface area contributed by atoms with E-state index in [1.54, 1.807) is 0 Å². The number of carbonyl (C=O) groups is 1. The number of alkyl halides is 1. The maximum Gasteiger partial charge on any atom is 0.226 e. The summed E-state index contributed by atoms with van der Waals surface area (Å²) < 4.78 is 0. The van der Waals surface area contributed by atoms with Crippen LogP contribution in [0.3, 0.4) is 0 Å². The molecule has 1 aromatic rings. The Kier molecular flexibility index (Phi) is 5.28. The maximum absolute atomic E-state index is 12.2. The van der Waals surface area contributed by atoms with Crippen LogP contribution in [0.4, 0.5) is 0 Å². The topological polar surface area (TPSA) is 20.3 Å². The summed E-state index contributed by atoms with van der Waals surface area (Å²) in [6.45, 7) is 3.95. The van der Waals surface area contributed by atoms with Gasteiger partial charge in [-0.05, 0) is 36.5 Å². The number of nitrogens with zero attached hydrogens (tertiary/aromatic N) is 1. The summed E-state index contributed by atoms with van der Waals surface area (Å²) in [5, 5.41) is 0.711. The van der Waals surface area contributed by atoms with Crippen LogP contribution in [0.15, 0.2) is 24.3 Å². The lowest BCUT2D eigenvalue weighted by Gasteiger charge is -2.33. The Hall–Kier alpha value is -0.540. The Morgan fingerprint density at radius 2 is 1.95 bits per heavy atom. The predicted octanol–water partition coefficient (Wildman–Crippen LogP) is 3.90. The maximum atomic E-state index is 12.2. The first-order valence-corrected chi connectivity index (χ1v) is 8.02. The molecular formula is C15H19BrClNO. The van der Waals surface area contributed by atoms with Crippen molar-refractivity contribution < 1.29 is 4.79 Å². The highest BCUT2D eigenvalue weighted by atomic mass is 79.9. The van der Waals surface area contributed by atoms with Gasteiger partial charge in [0.25, 0.3) is 0 Å². The molecule has 0 N–H and O–H groups in total. The van der Waals surface area contributed by atoms with E-state index in [-0.39, 0.29) is 5.91 Å². The van der Waals surface area contributed by atoms with Gasteiger partial charge in [0.2, 0.25) is 5.91 Å². The van der Waals surface area contributed by atoms with Crippen molar-refractivity contribution in [2.24, 2.45) is 5.92 Å². The lowest BCUT2D eigenvalue weighted by Crippen LogP contribution is -2.40. The quantitative estimate of drug-likeness (QED) is 0.761. The summed E-state index contributed by atoms with van der Waals surface area (Å²) in [4.78, 5) is 14.7. The summed E-state index contributed by atoms with van der Waals surface area (Å²) in [6.07, 6.45) is 2.67. The van der Waals surface area contributed by atoms with Crippen LogP contribution in [0.1, 0.15) is 25.3 Å². The van der Waals surface area contributed by atoms with Crippen molar-refractivity contribution in [3.05, 3.63) is 34.9 Å². The third-order valence-electron chi connectivity index (χ3n) is 3.81. The molecule has 1 aliphatic rings. The molecule has 104 valence electrons. The molecule has 1 aromatic carbocycles. The van der Waals surface area contributed by atoms with Gasteiger partial charge in [-0.1, -0.05) is 46.6 Å². The summed E-state index contributed by atoms with van der Waals surface area (Å²) in [5.74, 6) is 0.919. The summed E-state index contributed by atoms with van der Waals surface area (Å²) in [6, 6.07) is 7.52. The van der Waals surface area contributed by atoms with Crippen molar-refractivity contribution in [1.82, 2.24) is 4.90 Å². The van der Waals surface area contributed by atoms with Gasteiger partial charge in [0.1, 0.15) is 0 Å². The number of likely N-dealkylation sites (tertiary alicyclic amines) is 1. The van der Waals surface area contributed by atoms with E-state index in [0.29, 0.717) is 22.2 Å². The molecule has 1 saturated heterocycles. The van der Waals surface area contributed by atoms with E-state index in [9.17, 15) is 4.79 Å². The second-order valence-corrected chi connectivity index (χ2v) is 7.08. The average molecular weight is 345 g/mol. The van der Waals surface area contributed by atoms with Crippen molar-refractivity contribution in [1.29, 1.82) is 0 Å². The Morgan fingerprint density at radius 1 is 1.37 bits per heavy atom. The molecule has 0 spiro atoms. The van der Waals surface area contributed by atoms with Crippen molar-refractivity contribution >= 4 is 33.4 Å². The standard InChI is InChI=1S/C15H19BrClNO/c1-11(16)13-6-8-18(9-7-13)15(19)10-12-2-4-14(17)5-3-12/h2-5,11,13H,6-10H2,1H3. The minimum atomic E-state index is 0.225. The van der Waals surface area contributed by atoms with Gasteiger partial charge in [0, 0.05) is 22.9 Å². The number of hydrogen-bond donors (Lipinski definition) is 0. The van der Waals surface area contributed by atoms with E-state index >= 15 is 0 Å². The molecule has 4 heteroatoms. The van der Waals surface area contributed by atoms with Crippen LogP contribution in [0, 0.1) is 5.92 Å². The van der Waals surface area contributed by atoms with Gasteiger partial charge in [-0.2, -0.15) is 0 Å². The first-order valence-electron chi connectivity index (χ1n) is 6.72. The van der Waals surface area contributed by atoms with E-state index < -0.39 is 0 Å². The number of benzene rings is 1. The molecule has 1 atom stereocenters. The molecule has 1 heterocycles. The average Bonchev–Trinajstić information content (AvgIpc) is 2.41. The molecule has 0 bridgehead atoms. The fraction of sp³-hybridized carbons (Fsp3) is 0.533. The molecule has 1 amide bonds. The second kappa shape index (κ2) is 6.76. The highest BCUT2D eigenvalue weighted by Gasteiger charge is 2.24. The van der Waals surface area contributed by atoms with Crippen LogP contribution in [0.25, 0.3) is 0 Å². The van der Waals surface area contributed by atoms with Crippen molar-refractivity contribution in [3.63, 3.8) is 0 Å². The van der Waals surface area contributed by atoms with E-state index in [1.807, 2.05) is 29.2 Å². The molecular weight excluding hydrogens is 326 g/mol. The molecule has 0 radical (unpaired) electrons. The zero-order valence-electron chi connectivity index (χ0n) is 11.1. The summed E-state index contributed by atoms with van der Waals surface area (Å²) in [5.41, 5.74) is 1.03. The van der Waals surface area contributed by atoms with Gasteiger partial charge in [0.15, 0.2) is 0 Å². The molecule has 1 aliphatic heterocycles. The monoisotopic (exact) mass is 343 g/mol. The van der Waals surface area contributed by atoms with Crippen molar-refractivity contribution in [2.45, 2.75) is 31.0 Å². The highest BCUT2D eigenvalue weighted by Crippen LogP contribution is 2.25. The number of halogens is 2. The molecule has 1 fully saturated rings. The number of amides is 1. The van der Waals surface area contributed by atoms with E-state index in [4.69, 9.17) is 11.6 Å². The van der Waals surface area contributed by atoms with E-state index in [1.165, 1.54) is 0 Å². The number of hydrogen-bond acceptors (Lipinski definition) is 1. The van der Waals surface area contributed by atoms with Crippen molar-refractivity contribution in [2.75, 3.05) is 13.1 Å². The fourth-order valence-corrected chi connectivity index (χ4v) is 3.15. The lowest BCUT2D eigenvalue weighted by atomic mass is 9.94. The van der Waals surface area contributed by atoms with Crippen molar-refractivity contribution in [3.8, 4) is 0 Å². The molecule has 1 unspecified atom stereocenters. The number of piperidine rings is 1. The minimum Gasteiger partial charge on any atom is -0.342 e. The van der Waals surface area contributed by atoms with Crippen LogP contribution in [-0.4, -0.2) is 28.7 Å². The SMILES string of the molecule is CC(Br)C1CCN(C(=O)Cc2ccc(Cl)cc2)CC1. The Morgan fingerprint density at radius 3 is 2.47 bits per heavy atom. The molecule has 2 nitrogen and oxygen atoms in total. The van der Waals surface area contributed by atoms with E-state index in [2.05, 4.69) is 22.9 Å². The van der Waals surface area contributed by atoms with Gasteiger partial charge in [-0.25, -0.2) is 0 Å². The van der Waals surface area contributed by atoms with Gasteiger partial charge in [0.05, 0.1) is 6.42 Å². The van der Waals surface area contributed by atoms with Crippen LogP contribution in [0.5, 0.6) is 0 Å².